The van der Waals surface area contributed by atoms with Crippen molar-refractivity contribution in [3.8, 4) is 0 Å². The summed E-state index contributed by atoms with van der Waals surface area (Å²) in [5.74, 6) is -6.55. The number of hydrogen-bond acceptors (Lipinski definition) is 4. The van der Waals surface area contributed by atoms with Crippen molar-refractivity contribution >= 4 is 39.2 Å². The number of nitrogens with one attached hydrogen (secondary N) is 2. The number of carbonyl (C=O) groups excluding carboxylic acids is 3. The fourth-order valence-electron chi connectivity index (χ4n) is 1.75. The molecule has 1 aromatic heterocycles. The van der Waals surface area contributed by atoms with Gasteiger partial charge in [-0.2, -0.15) is 0 Å². The minimum absolute atomic E-state index is 0.0644. The molecule has 0 atom stereocenters. The van der Waals surface area contributed by atoms with Crippen LogP contribution in [-0.2, 0) is 0 Å². The van der Waals surface area contributed by atoms with Crippen LogP contribution in [0.2, 0.25) is 0 Å². The molecule has 1 aromatic carbocycles. The Balaban J connectivity index is 2.35. The van der Waals surface area contributed by atoms with Crippen molar-refractivity contribution in [2.75, 3.05) is 10.6 Å². The van der Waals surface area contributed by atoms with E-state index < -0.39 is 40.9 Å². The summed E-state index contributed by atoms with van der Waals surface area (Å²) in [5, 5.41) is 4.07. The molecule has 0 radical (unpaired) electrons. The predicted molar refractivity (Wildman–Crippen MR) is 80.3 cm³/mol. The van der Waals surface area contributed by atoms with E-state index in [2.05, 4.69) is 10.6 Å². The number of anilines is 2. The number of rotatable bonds is 4. The number of thiophene rings is 1. The molecule has 0 saturated heterocycles. The summed E-state index contributed by atoms with van der Waals surface area (Å²) in [7, 11) is 0. The molecule has 1 heterocycles. The summed E-state index contributed by atoms with van der Waals surface area (Å²) < 4.78 is 40.3. The Bertz CT molecular complexity index is 853. The molecule has 6 N–H and O–H groups in total. The maximum Gasteiger partial charge on any atom is 0.317 e. The van der Waals surface area contributed by atoms with E-state index >= 15 is 0 Å². The van der Waals surface area contributed by atoms with Crippen LogP contribution in [-0.4, -0.2) is 17.8 Å². The number of nitrogens with two attached hydrogens (primary N) is 2. The highest BCUT2D eigenvalue weighted by atomic mass is 32.1. The second-order valence-corrected chi connectivity index (χ2v) is 5.43. The fourth-order valence-corrected chi connectivity index (χ4v) is 2.71. The van der Waals surface area contributed by atoms with Gasteiger partial charge >= 0.3 is 6.03 Å². The number of hydrogen-bond donors (Lipinski definition) is 4. The number of benzene rings is 1. The predicted octanol–water partition coefficient (Wildman–Crippen LogP) is 2.01. The number of halogens is 3. The van der Waals surface area contributed by atoms with Crippen LogP contribution in [0.3, 0.4) is 0 Å². The number of urea groups is 1. The van der Waals surface area contributed by atoms with Gasteiger partial charge in [0.1, 0.15) is 16.4 Å². The third-order valence-electron chi connectivity index (χ3n) is 2.74. The first kappa shape index (κ1) is 17.3. The van der Waals surface area contributed by atoms with Crippen LogP contribution in [0.5, 0.6) is 0 Å². The van der Waals surface area contributed by atoms with Crippen LogP contribution in [0.1, 0.15) is 20.7 Å². The highest BCUT2D eigenvalue weighted by Crippen LogP contribution is 2.32. The van der Waals surface area contributed by atoms with E-state index in [9.17, 15) is 27.6 Å². The Morgan fingerprint density at radius 2 is 1.62 bits per heavy atom. The smallest absolute Gasteiger partial charge is 0.317 e. The summed E-state index contributed by atoms with van der Waals surface area (Å²) in [5.41, 5.74) is 8.73. The number of primary amides is 2. The average Bonchev–Trinajstić information content (AvgIpc) is 2.85. The zero-order valence-electron chi connectivity index (χ0n) is 11.7. The third-order valence-corrected chi connectivity index (χ3v) is 3.71. The number of carbonyl (C=O) groups is 3. The van der Waals surface area contributed by atoms with Crippen molar-refractivity contribution in [2.24, 2.45) is 11.5 Å². The molecule has 0 aliphatic rings. The van der Waals surface area contributed by atoms with E-state index in [4.69, 9.17) is 11.5 Å². The first-order valence-corrected chi connectivity index (χ1v) is 6.97. The van der Waals surface area contributed by atoms with Gasteiger partial charge in [-0.3, -0.25) is 14.9 Å². The van der Waals surface area contributed by atoms with Crippen LogP contribution >= 0.6 is 11.3 Å². The van der Waals surface area contributed by atoms with Gasteiger partial charge in [0.25, 0.3) is 11.8 Å². The van der Waals surface area contributed by atoms with Gasteiger partial charge in [0.2, 0.25) is 0 Å². The van der Waals surface area contributed by atoms with Gasteiger partial charge < -0.3 is 16.8 Å². The van der Waals surface area contributed by atoms with E-state index in [0.717, 1.165) is 6.07 Å². The zero-order chi connectivity index (χ0) is 18.0. The van der Waals surface area contributed by atoms with E-state index in [1.165, 1.54) is 0 Å². The van der Waals surface area contributed by atoms with Gasteiger partial charge in [-0.05, 0) is 18.2 Å². The molecular weight excluding hydrogens is 349 g/mol. The lowest BCUT2D eigenvalue weighted by Crippen LogP contribution is -2.21. The molecule has 0 aliphatic carbocycles. The average molecular weight is 358 g/mol. The quantitative estimate of drug-likeness (QED) is 0.624. The Morgan fingerprint density at radius 3 is 2.21 bits per heavy atom. The molecule has 0 saturated carbocycles. The Morgan fingerprint density at radius 1 is 1.00 bits per heavy atom. The standard InChI is InChI=1S/C13H9F3N4O3S/c14-5-1-2-6(15)9(16)8(5)11(22)19-7-3-4(10(17)21)12(24-7)20-13(18)23/h1-3H,(H2,17,21)(H,19,22)(H3,18,20,23). The normalized spacial score (nSPS) is 10.3. The molecular formula is C13H9F3N4O3S. The van der Waals surface area contributed by atoms with Crippen molar-refractivity contribution in [1.82, 2.24) is 0 Å². The van der Waals surface area contributed by atoms with Crippen LogP contribution in [0.4, 0.5) is 28.0 Å². The van der Waals surface area contributed by atoms with Gasteiger partial charge in [0.05, 0.1) is 10.6 Å². The summed E-state index contributed by atoms with van der Waals surface area (Å²) in [6, 6.07) is 1.22. The highest BCUT2D eigenvalue weighted by Gasteiger charge is 2.23. The van der Waals surface area contributed by atoms with Gasteiger partial charge in [-0.15, -0.1) is 0 Å². The molecule has 4 amide bonds. The first-order chi connectivity index (χ1) is 11.2. The van der Waals surface area contributed by atoms with E-state index in [0.29, 0.717) is 23.5 Å². The molecule has 0 aliphatic heterocycles. The maximum absolute atomic E-state index is 13.6. The minimum atomic E-state index is -1.66. The van der Waals surface area contributed by atoms with Crippen LogP contribution in [0.15, 0.2) is 18.2 Å². The number of amides is 4. The van der Waals surface area contributed by atoms with Gasteiger partial charge in [0, 0.05) is 0 Å². The minimum Gasteiger partial charge on any atom is -0.366 e. The lowest BCUT2D eigenvalue weighted by atomic mass is 10.1. The fraction of sp³-hybridized carbons (Fsp3) is 0. The summed E-state index contributed by atoms with van der Waals surface area (Å²) in [4.78, 5) is 34.1. The highest BCUT2D eigenvalue weighted by molar-refractivity contribution is 7.20. The largest absolute Gasteiger partial charge is 0.366 e. The molecule has 0 fully saturated rings. The van der Waals surface area contributed by atoms with Crippen molar-refractivity contribution < 1.29 is 27.6 Å². The van der Waals surface area contributed by atoms with E-state index in [-0.39, 0.29) is 15.6 Å². The van der Waals surface area contributed by atoms with Crippen LogP contribution < -0.4 is 22.1 Å². The van der Waals surface area contributed by atoms with Crippen molar-refractivity contribution in [3.05, 3.63) is 46.8 Å². The molecule has 0 spiro atoms. The van der Waals surface area contributed by atoms with E-state index in [1.54, 1.807) is 0 Å². The Kier molecular flexibility index (Phi) is 4.74. The molecule has 7 nitrogen and oxygen atoms in total. The second kappa shape index (κ2) is 6.58. The third kappa shape index (κ3) is 3.46. The monoisotopic (exact) mass is 358 g/mol. The zero-order valence-corrected chi connectivity index (χ0v) is 12.5. The summed E-state index contributed by atoms with van der Waals surface area (Å²) in [6.07, 6.45) is 0. The van der Waals surface area contributed by atoms with Crippen molar-refractivity contribution in [1.29, 1.82) is 0 Å². The summed E-state index contributed by atoms with van der Waals surface area (Å²) in [6.45, 7) is 0. The van der Waals surface area contributed by atoms with E-state index in [1.807, 2.05) is 0 Å². The second-order valence-electron chi connectivity index (χ2n) is 4.38. The lowest BCUT2D eigenvalue weighted by Gasteiger charge is -2.05. The SMILES string of the molecule is NC(=O)Nc1sc(NC(=O)c2c(F)ccc(F)c2F)cc1C(N)=O. The molecule has 126 valence electrons. The van der Waals surface area contributed by atoms with Gasteiger partial charge in [-0.1, -0.05) is 11.3 Å². The first-order valence-electron chi connectivity index (χ1n) is 6.15. The molecule has 0 bridgehead atoms. The van der Waals surface area contributed by atoms with Crippen molar-refractivity contribution in [3.63, 3.8) is 0 Å². The molecule has 24 heavy (non-hydrogen) atoms. The van der Waals surface area contributed by atoms with Crippen molar-refractivity contribution in [2.45, 2.75) is 0 Å². The van der Waals surface area contributed by atoms with Crippen LogP contribution in [0.25, 0.3) is 0 Å². The Labute approximate surface area is 136 Å². The molecule has 11 heteroatoms. The Hall–Kier alpha value is -3.08. The lowest BCUT2D eigenvalue weighted by molar-refractivity contribution is 0.0995. The maximum atomic E-state index is 13.6. The van der Waals surface area contributed by atoms with Gasteiger partial charge in [0.15, 0.2) is 11.6 Å². The topological polar surface area (TPSA) is 127 Å². The molecule has 2 rings (SSSR count). The molecule has 0 unspecified atom stereocenters. The van der Waals surface area contributed by atoms with Gasteiger partial charge in [-0.25, -0.2) is 18.0 Å². The van der Waals surface area contributed by atoms with Crippen LogP contribution in [0, 0.1) is 17.5 Å². The molecule has 2 aromatic rings. The summed E-state index contributed by atoms with van der Waals surface area (Å²) >= 11 is 0.672.